The van der Waals surface area contributed by atoms with Gasteiger partial charge in [-0.3, -0.25) is 0 Å². The molecule has 19 heavy (non-hydrogen) atoms. The monoisotopic (exact) mass is 278 g/mol. The lowest BCUT2D eigenvalue weighted by Gasteiger charge is -2.06. The minimum Gasteiger partial charge on any atom is -0.464 e. The Labute approximate surface area is 115 Å². The van der Waals surface area contributed by atoms with Crippen molar-refractivity contribution >= 4 is 17.6 Å². The van der Waals surface area contributed by atoms with E-state index < -0.39 is 5.97 Å². The molecule has 0 aliphatic heterocycles. The van der Waals surface area contributed by atoms with Gasteiger partial charge in [0.25, 0.3) is 0 Å². The first kappa shape index (κ1) is 13.3. The van der Waals surface area contributed by atoms with E-state index in [4.69, 9.17) is 16.3 Å². The molecule has 1 aromatic heterocycles. The van der Waals surface area contributed by atoms with Gasteiger partial charge in [-0.15, -0.1) is 0 Å². The lowest BCUT2D eigenvalue weighted by Crippen LogP contribution is -2.04. The highest BCUT2D eigenvalue weighted by atomic mass is 35.5. The highest BCUT2D eigenvalue weighted by Crippen LogP contribution is 2.24. The summed E-state index contributed by atoms with van der Waals surface area (Å²) in [7, 11) is 1.28. The van der Waals surface area contributed by atoms with Crippen LogP contribution in [0.2, 0.25) is 5.02 Å². The Hall–Kier alpha value is -2.14. The lowest BCUT2D eigenvalue weighted by molar-refractivity contribution is 0.0593. The largest absolute Gasteiger partial charge is 0.464 e. The maximum atomic E-state index is 11.2. The van der Waals surface area contributed by atoms with E-state index in [1.54, 1.807) is 18.2 Å². The minimum absolute atomic E-state index is 0.127. The summed E-state index contributed by atoms with van der Waals surface area (Å²) in [5, 5.41) is 0.666. The second-order valence-corrected chi connectivity index (χ2v) is 4.15. The Morgan fingerprint density at radius 3 is 2.63 bits per heavy atom. The molecular weight excluding hydrogens is 268 g/mol. The molecule has 2 aromatic rings. The number of carbonyl (C=O) groups excluding carboxylic acids is 1. The molecule has 0 fully saturated rings. The van der Waals surface area contributed by atoms with E-state index in [9.17, 15) is 4.79 Å². The summed E-state index contributed by atoms with van der Waals surface area (Å²) in [6.45, 7) is 1.88. The highest BCUT2D eigenvalue weighted by Gasteiger charge is 2.08. The van der Waals surface area contributed by atoms with E-state index in [-0.39, 0.29) is 11.6 Å². The Bertz CT molecular complexity index is 599. The number of halogens is 1. The highest BCUT2D eigenvalue weighted by molar-refractivity contribution is 6.31. The molecule has 1 heterocycles. The molecule has 0 saturated carbocycles. The van der Waals surface area contributed by atoms with Crippen molar-refractivity contribution in [3.8, 4) is 11.6 Å². The van der Waals surface area contributed by atoms with Crippen molar-refractivity contribution < 1.29 is 14.3 Å². The molecule has 0 spiro atoms. The first-order valence-electron chi connectivity index (χ1n) is 5.44. The van der Waals surface area contributed by atoms with Gasteiger partial charge in [0.1, 0.15) is 5.75 Å². The summed E-state index contributed by atoms with van der Waals surface area (Å²) in [6, 6.07) is 5.26. The third-order valence-electron chi connectivity index (χ3n) is 2.37. The van der Waals surface area contributed by atoms with Crippen molar-refractivity contribution in [2.45, 2.75) is 6.92 Å². The van der Waals surface area contributed by atoms with E-state index in [2.05, 4.69) is 14.7 Å². The molecular formula is C13H11ClN2O3. The topological polar surface area (TPSA) is 61.3 Å². The van der Waals surface area contributed by atoms with Gasteiger partial charge in [0.15, 0.2) is 5.69 Å². The fourth-order valence-corrected chi connectivity index (χ4v) is 1.50. The van der Waals surface area contributed by atoms with Crippen LogP contribution in [0, 0.1) is 6.92 Å². The van der Waals surface area contributed by atoms with Gasteiger partial charge >= 0.3 is 5.97 Å². The Kier molecular flexibility index (Phi) is 3.97. The summed E-state index contributed by atoms with van der Waals surface area (Å²) in [5.74, 6) is 0.345. The number of hydrogen-bond donors (Lipinski definition) is 0. The first-order chi connectivity index (χ1) is 9.10. The van der Waals surface area contributed by atoms with Crippen molar-refractivity contribution in [2.75, 3.05) is 7.11 Å². The van der Waals surface area contributed by atoms with E-state index >= 15 is 0 Å². The summed E-state index contributed by atoms with van der Waals surface area (Å²) in [5.41, 5.74) is 1.03. The van der Waals surface area contributed by atoms with E-state index in [0.29, 0.717) is 10.8 Å². The maximum absolute atomic E-state index is 11.2. The molecule has 0 aliphatic carbocycles. The Morgan fingerprint density at radius 2 is 2.05 bits per heavy atom. The summed E-state index contributed by atoms with van der Waals surface area (Å²) < 4.78 is 10.0. The van der Waals surface area contributed by atoms with E-state index in [1.807, 2.05) is 6.92 Å². The zero-order chi connectivity index (χ0) is 13.8. The molecule has 0 saturated heterocycles. The zero-order valence-corrected chi connectivity index (χ0v) is 11.1. The number of esters is 1. The van der Waals surface area contributed by atoms with Crippen LogP contribution in [0.5, 0.6) is 11.6 Å². The van der Waals surface area contributed by atoms with Gasteiger partial charge in [-0.1, -0.05) is 11.6 Å². The predicted molar refractivity (Wildman–Crippen MR) is 69.6 cm³/mol. The van der Waals surface area contributed by atoms with Crippen molar-refractivity contribution in [1.29, 1.82) is 0 Å². The average molecular weight is 279 g/mol. The summed E-state index contributed by atoms with van der Waals surface area (Å²) in [6.07, 6.45) is 2.65. The van der Waals surface area contributed by atoms with Crippen LogP contribution in [0.3, 0.4) is 0 Å². The molecule has 0 N–H and O–H groups in total. The van der Waals surface area contributed by atoms with Gasteiger partial charge in [0.2, 0.25) is 5.88 Å². The molecule has 1 aromatic carbocycles. The number of rotatable bonds is 3. The number of benzene rings is 1. The number of ether oxygens (including phenoxy) is 2. The van der Waals surface area contributed by atoms with E-state index in [1.165, 1.54) is 19.5 Å². The van der Waals surface area contributed by atoms with Gasteiger partial charge in [0, 0.05) is 5.02 Å². The average Bonchev–Trinajstić information content (AvgIpc) is 2.43. The van der Waals surface area contributed by atoms with Gasteiger partial charge in [0.05, 0.1) is 19.5 Å². The first-order valence-corrected chi connectivity index (χ1v) is 5.82. The van der Waals surface area contributed by atoms with Gasteiger partial charge in [-0.2, -0.15) is 0 Å². The van der Waals surface area contributed by atoms with Crippen LogP contribution in [0.15, 0.2) is 30.6 Å². The quantitative estimate of drug-likeness (QED) is 0.808. The van der Waals surface area contributed by atoms with Crippen molar-refractivity contribution in [3.63, 3.8) is 0 Å². The lowest BCUT2D eigenvalue weighted by atomic mass is 10.2. The standard InChI is InChI=1S/C13H11ClN2O3/c1-8-5-9(3-4-10(8)14)19-12-7-15-11(6-16-12)13(17)18-2/h3-7H,1-2H3. The molecule has 0 bridgehead atoms. The van der Waals surface area contributed by atoms with Gasteiger partial charge in [-0.05, 0) is 30.7 Å². The van der Waals surface area contributed by atoms with Crippen molar-refractivity contribution in [1.82, 2.24) is 9.97 Å². The van der Waals surface area contributed by atoms with Crippen LogP contribution in [0.1, 0.15) is 16.1 Å². The van der Waals surface area contributed by atoms with Crippen LogP contribution in [0.25, 0.3) is 0 Å². The second kappa shape index (κ2) is 5.67. The van der Waals surface area contributed by atoms with Crippen LogP contribution < -0.4 is 4.74 Å². The van der Waals surface area contributed by atoms with Crippen LogP contribution in [-0.4, -0.2) is 23.0 Å². The third-order valence-corrected chi connectivity index (χ3v) is 2.80. The number of carbonyl (C=O) groups is 1. The molecule has 0 atom stereocenters. The Balaban J connectivity index is 2.15. The fourth-order valence-electron chi connectivity index (χ4n) is 1.38. The number of hydrogen-bond acceptors (Lipinski definition) is 5. The molecule has 6 heteroatoms. The normalized spacial score (nSPS) is 10.1. The molecule has 0 radical (unpaired) electrons. The van der Waals surface area contributed by atoms with Crippen molar-refractivity contribution in [2.24, 2.45) is 0 Å². The maximum Gasteiger partial charge on any atom is 0.358 e. The van der Waals surface area contributed by atoms with Crippen molar-refractivity contribution in [3.05, 3.63) is 46.9 Å². The zero-order valence-electron chi connectivity index (χ0n) is 10.4. The summed E-state index contributed by atoms with van der Waals surface area (Å²) >= 11 is 5.92. The molecule has 0 amide bonds. The minimum atomic E-state index is -0.540. The van der Waals surface area contributed by atoms with Crippen LogP contribution >= 0.6 is 11.6 Å². The SMILES string of the molecule is COC(=O)c1cnc(Oc2ccc(Cl)c(C)c2)cn1. The third kappa shape index (κ3) is 3.20. The van der Waals surface area contributed by atoms with Gasteiger partial charge in [-0.25, -0.2) is 14.8 Å². The molecule has 0 aliphatic rings. The van der Waals surface area contributed by atoms with E-state index in [0.717, 1.165) is 5.56 Å². The molecule has 2 rings (SSSR count). The molecule has 0 unspecified atom stereocenters. The molecule has 5 nitrogen and oxygen atoms in total. The Morgan fingerprint density at radius 1 is 1.26 bits per heavy atom. The number of aryl methyl sites for hydroxylation is 1. The number of methoxy groups -OCH3 is 1. The van der Waals surface area contributed by atoms with Gasteiger partial charge < -0.3 is 9.47 Å². The number of aromatic nitrogens is 2. The van der Waals surface area contributed by atoms with Crippen LogP contribution in [0.4, 0.5) is 0 Å². The second-order valence-electron chi connectivity index (χ2n) is 3.74. The van der Waals surface area contributed by atoms with Crippen LogP contribution in [-0.2, 0) is 4.74 Å². The summed E-state index contributed by atoms with van der Waals surface area (Å²) in [4.78, 5) is 19.1. The molecule has 98 valence electrons. The predicted octanol–water partition coefficient (Wildman–Crippen LogP) is 3.02. The smallest absolute Gasteiger partial charge is 0.358 e. The number of nitrogens with zero attached hydrogens (tertiary/aromatic N) is 2. The fraction of sp³-hybridized carbons (Fsp3) is 0.154.